The van der Waals surface area contributed by atoms with Gasteiger partial charge in [0, 0.05) is 18.6 Å². The van der Waals surface area contributed by atoms with Crippen molar-refractivity contribution >= 4 is 12.0 Å². The van der Waals surface area contributed by atoms with E-state index < -0.39 is 11.0 Å². The number of hydrogen-bond donors (Lipinski definition) is 1. The van der Waals surface area contributed by atoms with E-state index >= 15 is 0 Å². The minimum atomic E-state index is -0.965. The zero-order valence-electron chi connectivity index (χ0n) is 7.29. The highest BCUT2D eigenvalue weighted by Gasteiger charge is 2.11. The Labute approximate surface area is 80.1 Å². The number of nitro benzene ring substituents is 1. The number of carbonyl (C=O) groups is 1. The Morgan fingerprint density at radius 2 is 2.29 bits per heavy atom. The van der Waals surface area contributed by atoms with E-state index in [2.05, 4.69) is 0 Å². The Hall–Kier alpha value is -1.75. The number of nitro groups is 1. The molecule has 0 fully saturated rings. The normalized spacial score (nSPS) is 12.1. The van der Waals surface area contributed by atoms with Crippen LogP contribution in [0.25, 0.3) is 0 Å². The summed E-state index contributed by atoms with van der Waals surface area (Å²) in [5, 5.41) is 19.8. The molecule has 1 atom stereocenters. The van der Waals surface area contributed by atoms with E-state index in [0.29, 0.717) is 11.8 Å². The van der Waals surface area contributed by atoms with Gasteiger partial charge in [-0.2, -0.15) is 0 Å². The van der Waals surface area contributed by atoms with Crippen molar-refractivity contribution in [3.8, 4) is 0 Å². The summed E-state index contributed by atoms with van der Waals surface area (Å²) in [4.78, 5) is 20.0. The van der Waals surface area contributed by atoms with Crippen LogP contribution in [0.15, 0.2) is 24.3 Å². The zero-order valence-corrected chi connectivity index (χ0v) is 7.29. The van der Waals surface area contributed by atoms with Gasteiger partial charge in [0.25, 0.3) is 5.69 Å². The van der Waals surface area contributed by atoms with Crippen LogP contribution in [0.4, 0.5) is 5.69 Å². The molecular formula is C9H9NO4. The van der Waals surface area contributed by atoms with Crippen LogP contribution in [0.1, 0.15) is 18.1 Å². The first kappa shape index (κ1) is 10.3. The molecule has 0 aliphatic heterocycles. The molecule has 74 valence electrons. The lowest BCUT2D eigenvalue weighted by molar-refractivity contribution is -0.385. The van der Waals surface area contributed by atoms with Crippen LogP contribution in [0, 0.1) is 10.1 Å². The van der Waals surface area contributed by atoms with E-state index in [1.54, 1.807) is 6.07 Å². The molecule has 5 nitrogen and oxygen atoms in total. The number of aliphatic hydroxyl groups excluding tert-OH is 1. The maximum atomic E-state index is 10.4. The molecule has 1 aromatic carbocycles. The van der Waals surface area contributed by atoms with Crippen molar-refractivity contribution in [1.82, 2.24) is 0 Å². The number of aldehydes is 1. The van der Waals surface area contributed by atoms with Crippen molar-refractivity contribution < 1.29 is 14.8 Å². The second-order valence-electron chi connectivity index (χ2n) is 2.77. The molecule has 1 N–H and O–H groups in total. The molecule has 0 amide bonds. The first-order chi connectivity index (χ1) is 6.65. The Morgan fingerprint density at radius 1 is 1.57 bits per heavy atom. The molecule has 0 radical (unpaired) electrons. The van der Waals surface area contributed by atoms with Crippen LogP contribution in [0.5, 0.6) is 0 Å². The van der Waals surface area contributed by atoms with Gasteiger partial charge in [-0.15, -0.1) is 0 Å². The lowest BCUT2D eigenvalue weighted by Crippen LogP contribution is -1.98. The molecule has 0 saturated carbocycles. The third kappa shape index (κ3) is 2.37. The third-order valence-electron chi connectivity index (χ3n) is 1.79. The fourth-order valence-corrected chi connectivity index (χ4v) is 1.07. The van der Waals surface area contributed by atoms with Gasteiger partial charge in [-0.25, -0.2) is 0 Å². The van der Waals surface area contributed by atoms with Gasteiger partial charge in [0.05, 0.1) is 11.0 Å². The van der Waals surface area contributed by atoms with Gasteiger partial charge in [0.1, 0.15) is 6.29 Å². The van der Waals surface area contributed by atoms with Crippen molar-refractivity contribution in [1.29, 1.82) is 0 Å². The fourth-order valence-electron chi connectivity index (χ4n) is 1.07. The maximum Gasteiger partial charge on any atom is 0.269 e. The topological polar surface area (TPSA) is 80.4 Å². The highest BCUT2D eigenvalue weighted by Crippen LogP contribution is 2.20. The Morgan fingerprint density at radius 3 is 2.86 bits per heavy atom. The van der Waals surface area contributed by atoms with Crippen molar-refractivity contribution in [3.05, 3.63) is 39.9 Å². The van der Waals surface area contributed by atoms with Gasteiger partial charge in [-0.05, 0) is 5.56 Å². The average molecular weight is 195 g/mol. The van der Waals surface area contributed by atoms with E-state index in [0.717, 1.165) is 0 Å². The van der Waals surface area contributed by atoms with Crippen molar-refractivity contribution in [2.24, 2.45) is 0 Å². The number of hydrogen-bond acceptors (Lipinski definition) is 4. The first-order valence-electron chi connectivity index (χ1n) is 4.01. The molecule has 0 aliphatic rings. The quantitative estimate of drug-likeness (QED) is 0.445. The standard InChI is InChI=1S/C9H9NO4/c11-5-4-9(12)7-2-1-3-8(6-7)10(13)14/h1-3,5-6,9,12H,4H2/t9-/m1/s1. The molecule has 0 heterocycles. The largest absolute Gasteiger partial charge is 0.388 e. The van der Waals surface area contributed by atoms with E-state index in [-0.39, 0.29) is 12.1 Å². The van der Waals surface area contributed by atoms with Crippen LogP contribution < -0.4 is 0 Å². The van der Waals surface area contributed by atoms with Crippen LogP contribution >= 0.6 is 0 Å². The molecule has 0 bridgehead atoms. The molecule has 1 aromatic rings. The van der Waals surface area contributed by atoms with Gasteiger partial charge in [0.2, 0.25) is 0 Å². The monoisotopic (exact) mass is 195 g/mol. The predicted octanol–water partition coefficient (Wildman–Crippen LogP) is 1.22. The van der Waals surface area contributed by atoms with Gasteiger partial charge >= 0.3 is 0 Å². The summed E-state index contributed by atoms with van der Waals surface area (Å²) in [5.74, 6) is 0. The Balaban J connectivity index is 2.93. The smallest absolute Gasteiger partial charge is 0.269 e. The number of nitrogens with zero attached hydrogens (tertiary/aromatic N) is 1. The Kier molecular flexibility index (Phi) is 3.30. The van der Waals surface area contributed by atoms with Gasteiger partial charge in [0.15, 0.2) is 0 Å². The van der Waals surface area contributed by atoms with Gasteiger partial charge in [-0.1, -0.05) is 12.1 Å². The summed E-state index contributed by atoms with van der Waals surface area (Å²) >= 11 is 0. The van der Waals surface area contributed by atoms with E-state index in [9.17, 15) is 20.0 Å². The van der Waals surface area contributed by atoms with Crippen LogP contribution in [0.2, 0.25) is 0 Å². The summed E-state index contributed by atoms with van der Waals surface area (Å²) in [5.41, 5.74) is 0.291. The molecule has 0 spiro atoms. The SMILES string of the molecule is O=CC[C@@H](O)c1cccc([N+](=O)[O-])c1. The van der Waals surface area contributed by atoms with E-state index in [1.807, 2.05) is 0 Å². The first-order valence-corrected chi connectivity index (χ1v) is 4.01. The maximum absolute atomic E-state index is 10.4. The lowest BCUT2D eigenvalue weighted by Gasteiger charge is -2.05. The lowest BCUT2D eigenvalue weighted by atomic mass is 10.1. The highest BCUT2D eigenvalue weighted by molar-refractivity contribution is 5.51. The molecular weight excluding hydrogens is 186 g/mol. The number of non-ortho nitro benzene ring substituents is 1. The number of benzene rings is 1. The number of rotatable bonds is 4. The molecule has 0 aliphatic carbocycles. The second-order valence-corrected chi connectivity index (χ2v) is 2.77. The predicted molar refractivity (Wildman–Crippen MR) is 48.7 cm³/mol. The molecule has 1 rings (SSSR count). The summed E-state index contributed by atoms with van der Waals surface area (Å²) < 4.78 is 0. The van der Waals surface area contributed by atoms with Crippen molar-refractivity contribution in [2.45, 2.75) is 12.5 Å². The molecule has 5 heteroatoms. The minimum absolute atomic E-state index is 0.0544. The molecule has 0 unspecified atom stereocenters. The number of aliphatic hydroxyl groups is 1. The molecule has 0 saturated heterocycles. The van der Waals surface area contributed by atoms with Crippen LogP contribution in [0.3, 0.4) is 0 Å². The van der Waals surface area contributed by atoms with E-state index in [1.165, 1.54) is 18.2 Å². The molecule has 0 aromatic heterocycles. The second kappa shape index (κ2) is 4.48. The Bertz CT molecular complexity index is 350. The van der Waals surface area contributed by atoms with Crippen molar-refractivity contribution in [3.63, 3.8) is 0 Å². The third-order valence-corrected chi connectivity index (χ3v) is 1.79. The van der Waals surface area contributed by atoms with Crippen LogP contribution in [-0.2, 0) is 4.79 Å². The number of carbonyl (C=O) groups excluding carboxylic acids is 1. The summed E-state index contributed by atoms with van der Waals surface area (Å²) in [6.07, 6.45) is -0.447. The van der Waals surface area contributed by atoms with Crippen LogP contribution in [-0.4, -0.2) is 16.3 Å². The van der Waals surface area contributed by atoms with Crippen molar-refractivity contribution in [2.75, 3.05) is 0 Å². The average Bonchev–Trinajstić information content (AvgIpc) is 2.18. The minimum Gasteiger partial charge on any atom is -0.388 e. The highest BCUT2D eigenvalue weighted by atomic mass is 16.6. The summed E-state index contributed by atoms with van der Waals surface area (Å²) in [6.45, 7) is 0. The van der Waals surface area contributed by atoms with E-state index in [4.69, 9.17) is 0 Å². The molecule has 14 heavy (non-hydrogen) atoms. The fraction of sp³-hybridized carbons (Fsp3) is 0.222. The van der Waals surface area contributed by atoms with Gasteiger partial charge in [-0.3, -0.25) is 10.1 Å². The summed E-state index contributed by atoms with van der Waals surface area (Å²) in [7, 11) is 0. The van der Waals surface area contributed by atoms with Gasteiger partial charge < -0.3 is 9.90 Å². The summed E-state index contributed by atoms with van der Waals surface area (Å²) in [6, 6.07) is 5.61. The zero-order chi connectivity index (χ0) is 10.6.